The molecular formula is C13H16O4. The summed E-state index contributed by atoms with van der Waals surface area (Å²) in [6, 6.07) is 6.88. The Kier molecular flexibility index (Phi) is 5.20. The second kappa shape index (κ2) is 6.68. The molecule has 0 spiro atoms. The molecule has 0 heterocycles. The monoisotopic (exact) mass is 236 g/mol. The van der Waals surface area contributed by atoms with E-state index in [9.17, 15) is 9.59 Å². The molecule has 4 nitrogen and oxygen atoms in total. The molecule has 92 valence electrons. The van der Waals surface area contributed by atoms with Crippen LogP contribution in [0.2, 0.25) is 0 Å². The van der Waals surface area contributed by atoms with Gasteiger partial charge in [0.2, 0.25) is 0 Å². The molecule has 0 saturated carbocycles. The fourth-order valence-corrected chi connectivity index (χ4v) is 1.42. The van der Waals surface area contributed by atoms with Crippen LogP contribution in [-0.2, 0) is 9.53 Å². The van der Waals surface area contributed by atoms with Crippen molar-refractivity contribution in [3.63, 3.8) is 0 Å². The smallest absolute Gasteiger partial charge is 0.313 e. The third kappa shape index (κ3) is 3.90. The van der Waals surface area contributed by atoms with Gasteiger partial charge in [-0.15, -0.1) is 0 Å². The number of esters is 1. The molecule has 0 aliphatic heterocycles. The average Bonchev–Trinajstić information content (AvgIpc) is 2.30. The number of rotatable bonds is 6. The first-order valence-corrected chi connectivity index (χ1v) is 5.59. The second-order valence-electron chi connectivity index (χ2n) is 3.33. The van der Waals surface area contributed by atoms with Gasteiger partial charge in [-0.1, -0.05) is 12.1 Å². The molecule has 1 aromatic carbocycles. The van der Waals surface area contributed by atoms with E-state index in [2.05, 4.69) is 0 Å². The maximum atomic E-state index is 11.8. The van der Waals surface area contributed by atoms with Crippen molar-refractivity contribution in [2.24, 2.45) is 0 Å². The first-order valence-electron chi connectivity index (χ1n) is 5.59. The SMILES string of the molecule is CCOC(=O)CC(=O)c1ccccc1OCC. The predicted octanol–water partition coefficient (Wildman–Crippen LogP) is 2.22. The molecule has 0 aliphatic rings. The zero-order valence-electron chi connectivity index (χ0n) is 10.1. The Balaban J connectivity index is 2.77. The summed E-state index contributed by atoms with van der Waals surface area (Å²) >= 11 is 0. The lowest BCUT2D eigenvalue weighted by Gasteiger charge is -2.08. The normalized spacial score (nSPS) is 9.76. The van der Waals surface area contributed by atoms with Gasteiger partial charge in [0, 0.05) is 0 Å². The van der Waals surface area contributed by atoms with Crippen molar-refractivity contribution in [2.45, 2.75) is 20.3 Å². The lowest BCUT2D eigenvalue weighted by Crippen LogP contribution is -2.12. The van der Waals surface area contributed by atoms with E-state index in [0.29, 0.717) is 17.9 Å². The van der Waals surface area contributed by atoms with E-state index in [0.717, 1.165) is 0 Å². The Morgan fingerprint density at radius 1 is 1.12 bits per heavy atom. The third-order valence-corrected chi connectivity index (χ3v) is 2.10. The van der Waals surface area contributed by atoms with Gasteiger partial charge in [-0.05, 0) is 26.0 Å². The number of ketones is 1. The van der Waals surface area contributed by atoms with Crippen molar-refractivity contribution in [2.75, 3.05) is 13.2 Å². The van der Waals surface area contributed by atoms with Gasteiger partial charge >= 0.3 is 5.97 Å². The van der Waals surface area contributed by atoms with Gasteiger partial charge in [-0.25, -0.2) is 0 Å². The Labute approximate surface area is 101 Å². The van der Waals surface area contributed by atoms with Gasteiger partial charge in [-0.3, -0.25) is 9.59 Å². The minimum absolute atomic E-state index is 0.252. The van der Waals surface area contributed by atoms with Gasteiger partial charge in [0.1, 0.15) is 12.2 Å². The highest BCUT2D eigenvalue weighted by Gasteiger charge is 2.16. The molecule has 0 unspecified atom stereocenters. The Hall–Kier alpha value is -1.84. The molecule has 0 fully saturated rings. The number of benzene rings is 1. The van der Waals surface area contributed by atoms with Crippen molar-refractivity contribution in [3.8, 4) is 5.75 Å². The molecule has 0 N–H and O–H groups in total. The fourth-order valence-electron chi connectivity index (χ4n) is 1.42. The van der Waals surface area contributed by atoms with Crippen LogP contribution in [-0.4, -0.2) is 25.0 Å². The molecule has 0 saturated heterocycles. The molecule has 0 radical (unpaired) electrons. The van der Waals surface area contributed by atoms with Crippen molar-refractivity contribution in [1.82, 2.24) is 0 Å². The molecule has 0 aromatic heterocycles. The van der Waals surface area contributed by atoms with Crippen LogP contribution in [0.3, 0.4) is 0 Å². The highest BCUT2D eigenvalue weighted by molar-refractivity contribution is 6.07. The molecule has 1 rings (SSSR count). The quantitative estimate of drug-likeness (QED) is 0.431. The molecular weight excluding hydrogens is 220 g/mol. The summed E-state index contributed by atoms with van der Waals surface area (Å²) in [7, 11) is 0. The van der Waals surface area contributed by atoms with Gasteiger partial charge in [0.15, 0.2) is 5.78 Å². The summed E-state index contributed by atoms with van der Waals surface area (Å²) in [5.41, 5.74) is 0.419. The number of carbonyl (C=O) groups is 2. The molecule has 4 heteroatoms. The van der Waals surface area contributed by atoms with E-state index in [-0.39, 0.29) is 18.8 Å². The Bertz CT molecular complexity index is 398. The minimum atomic E-state index is -0.510. The summed E-state index contributed by atoms with van der Waals surface area (Å²) in [5.74, 6) is -0.291. The molecule has 0 amide bonds. The van der Waals surface area contributed by atoms with E-state index in [4.69, 9.17) is 9.47 Å². The van der Waals surface area contributed by atoms with Crippen LogP contribution >= 0.6 is 0 Å². The number of Topliss-reactive ketones (excluding diaryl/α,β-unsaturated/α-hetero) is 1. The van der Waals surface area contributed by atoms with Gasteiger partial charge in [0.25, 0.3) is 0 Å². The second-order valence-corrected chi connectivity index (χ2v) is 3.33. The fraction of sp³-hybridized carbons (Fsp3) is 0.385. The molecule has 0 aliphatic carbocycles. The lowest BCUT2D eigenvalue weighted by atomic mass is 10.1. The van der Waals surface area contributed by atoms with Gasteiger partial charge < -0.3 is 9.47 Å². The maximum Gasteiger partial charge on any atom is 0.313 e. The van der Waals surface area contributed by atoms with Crippen LogP contribution < -0.4 is 4.74 Å². The van der Waals surface area contributed by atoms with Crippen LogP contribution in [0.4, 0.5) is 0 Å². The Morgan fingerprint density at radius 2 is 1.82 bits per heavy atom. The van der Waals surface area contributed by atoms with E-state index < -0.39 is 5.97 Å². The average molecular weight is 236 g/mol. The highest BCUT2D eigenvalue weighted by Crippen LogP contribution is 2.19. The molecule has 0 atom stereocenters. The Morgan fingerprint density at radius 3 is 2.47 bits per heavy atom. The van der Waals surface area contributed by atoms with Gasteiger partial charge in [-0.2, -0.15) is 0 Å². The van der Waals surface area contributed by atoms with Crippen molar-refractivity contribution < 1.29 is 19.1 Å². The summed E-state index contributed by atoms with van der Waals surface area (Å²) in [6.45, 7) is 4.30. The standard InChI is InChI=1S/C13H16O4/c1-3-16-12-8-6-5-7-10(12)11(14)9-13(15)17-4-2/h5-8H,3-4,9H2,1-2H3. The number of ether oxygens (including phenoxy) is 2. The number of para-hydroxylation sites is 1. The first kappa shape index (κ1) is 13.2. The summed E-state index contributed by atoms with van der Waals surface area (Å²) in [5, 5.41) is 0. The van der Waals surface area contributed by atoms with Crippen molar-refractivity contribution >= 4 is 11.8 Å². The van der Waals surface area contributed by atoms with Gasteiger partial charge in [0.05, 0.1) is 18.8 Å². The maximum absolute atomic E-state index is 11.8. The van der Waals surface area contributed by atoms with Crippen LogP contribution in [0, 0.1) is 0 Å². The van der Waals surface area contributed by atoms with Crippen molar-refractivity contribution in [1.29, 1.82) is 0 Å². The molecule has 17 heavy (non-hydrogen) atoms. The van der Waals surface area contributed by atoms with E-state index in [1.165, 1.54) is 0 Å². The number of hydrogen-bond acceptors (Lipinski definition) is 4. The highest BCUT2D eigenvalue weighted by atomic mass is 16.5. The zero-order valence-corrected chi connectivity index (χ0v) is 10.1. The van der Waals surface area contributed by atoms with Crippen LogP contribution in [0.15, 0.2) is 24.3 Å². The van der Waals surface area contributed by atoms with E-state index >= 15 is 0 Å². The topological polar surface area (TPSA) is 52.6 Å². The predicted molar refractivity (Wildman–Crippen MR) is 63.2 cm³/mol. The summed E-state index contributed by atoms with van der Waals surface area (Å²) in [6.07, 6.45) is -0.252. The first-order chi connectivity index (χ1) is 8.19. The van der Waals surface area contributed by atoms with E-state index in [1.807, 2.05) is 6.92 Å². The van der Waals surface area contributed by atoms with Crippen LogP contribution in [0.25, 0.3) is 0 Å². The third-order valence-electron chi connectivity index (χ3n) is 2.10. The number of carbonyl (C=O) groups excluding carboxylic acids is 2. The zero-order chi connectivity index (χ0) is 12.7. The largest absolute Gasteiger partial charge is 0.493 e. The summed E-state index contributed by atoms with van der Waals surface area (Å²) < 4.78 is 10.1. The van der Waals surface area contributed by atoms with Crippen LogP contribution in [0.1, 0.15) is 30.6 Å². The van der Waals surface area contributed by atoms with Crippen molar-refractivity contribution in [3.05, 3.63) is 29.8 Å². The van der Waals surface area contributed by atoms with E-state index in [1.54, 1.807) is 31.2 Å². The van der Waals surface area contributed by atoms with Crippen LogP contribution in [0.5, 0.6) is 5.75 Å². The summed E-state index contributed by atoms with van der Waals surface area (Å²) in [4.78, 5) is 23.1. The minimum Gasteiger partial charge on any atom is -0.493 e. The lowest BCUT2D eigenvalue weighted by molar-refractivity contribution is -0.141. The number of hydrogen-bond donors (Lipinski definition) is 0. The molecule has 0 bridgehead atoms. The molecule has 1 aromatic rings.